The molecule has 4 rings (SSSR count). The van der Waals surface area contributed by atoms with Crippen LogP contribution >= 0.6 is 11.6 Å². The first-order valence-electron chi connectivity index (χ1n) is 9.81. The molecule has 1 fully saturated rings. The summed E-state index contributed by atoms with van der Waals surface area (Å²) in [5, 5.41) is 7.72. The minimum absolute atomic E-state index is 0.0646. The largest absolute Gasteiger partial charge is 0.345 e. The zero-order valence-electron chi connectivity index (χ0n) is 15.8. The van der Waals surface area contributed by atoms with Crippen LogP contribution in [0.2, 0.25) is 5.02 Å². The van der Waals surface area contributed by atoms with Gasteiger partial charge in [-0.05, 0) is 62.8 Å². The second-order valence-corrected chi connectivity index (χ2v) is 7.82. The molecule has 152 valence electrons. The lowest BCUT2D eigenvalue weighted by Crippen LogP contribution is -2.49. The molecule has 0 spiro atoms. The van der Waals surface area contributed by atoms with E-state index in [1.807, 2.05) is 12.1 Å². The Morgan fingerprint density at radius 3 is 2.41 bits per heavy atom. The Bertz CT molecular complexity index is 950. The van der Waals surface area contributed by atoms with Crippen LogP contribution in [0.5, 0.6) is 0 Å². The zero-order chi connectivity index (χ0) is 20.4. The molecule has 1 aromatic heterocycles. The van der Waals surface area contributed by atoms with Crippen molar-refractivity contribution in [1.82, 2.24) is 25.9 Å². The number of fused-ring (bicyclic) bond motifs is 1. The van der Waals surface area contributed by atoms with Gasteiger partial charge in [-0.15, -0.1) is 0 Å². The number of hydrogen-bond donors (Lipinski definition) is 3. The van der Waals surface area contributed by atoms with Gasteiger partial charge in [-0.25, -0.2) is 4.68 Å². The number of hydrogen-bond acceptors (Lipinski definition) is 4. The summed E-state index contributed by atoms with van der Waals surface area (Å²) < 4.78 is 1.77. The number of rotatable bonds is 3. The molecule has 2 aliphatic carbocycles. The number of nitrogens with zero attached hydrogens (tertiary/aromatic N) is 2. The molecule has 0 aliphatic heterocycles. The van der Waals surface area contributed by atoms with Gasteiger partial charge < -0.3 is 5.32 Å². The standard InChI is InChI=1S/C20H22ClN5O3/c21-12-6-10-14(11-7-12)26-16-5-3-1-2-4-15(16)17(25-26)18(27)23-24-20(29)19(28)22-13-8-9-13/h6-7,10-11,13H,1-5,8-9H2,(H,22,28)(H,23,27)(H,24,29). The number of aromatic nitrogens is 2. The normalized spacial score (nSPS) is 15.8. The van der Waals surface area contributed by atoms with Crippen LogP contribution in [0, 0.1) is 0 Å². The third-order valence-corrected chi connectivity index (χ3v) is 5.38. The van der Waals surface area contributed by atoms with Crippen LogP contribution in [0.15, 0.2) is 24.3 Å². The lowest BCUT2D eigenvalue weighted by Gasteiger charge is -2.07. The molecule has 0 saturated heterocycles. The summed E-state index contributed by atoms with van der Waals surface area (Å²) >= 11 is 5.99. The van der Waals surface area contributed by atoms with Gasteiger partial charge in [0.1, 0.15) is 0 Å². The fourth-order valence-electron chi connectivity index (χ4n) is 3.46. The minimum atomic E-state index is -0.895. The van der Waals surface area contributed by atoms with Gasteiger partial charge in [0.05, 0.1) is 5.69 Å². The van der Waals surface area contributed by atoms with Crippen molar-refractivity contribution in [1.29, 1.82) is 0 Å². The Morgan fingerprint density at radius 2 is 1.69 bits per heavy atom. The number of amides is 3. The maximum Gasteiger partial charge on any atom is 0.327 e. The first-order chi connectivity index (χ1) is 14.0. The third kappa shape index (κ3) is 4.42. The second kappa shape index (κ2) is 8.24. The minimum Gasteiger partial charge on any atom is -0.345 e. The van der Waals surface area contributed by atoms with Gasteiger partial charge in [0, 0.05) is 22.3 Å². The molecular weight excluding hydrogens is 394 g/mol. The highest BCUT2D eigenvalue weighted by molar-refractivity contribution is 6.35. The predicted octanol–water partition coefficient (Wildman–Crippen LogP) is 1.83. The van der Waals surface area contributed by atoms with E-state index >= 15 is 0 Å². The van der Waals surface area contributed by atoms with E-state index in [2.05, 4.69) is 21.3 Å². The van der Waals surface area contributed by atoms with Crippen LogP contribution in [-0.4, -0.2) is 33.5 Å². The first kappa shape index (κ1) is 19.4. The number of benzene rings is 1. The molecule has 1 heterocycles. The molecule has 3 amide bonds. The third-order valence-electron chi connectivity index (χ3n) is 5.12. The van der Waals surface area contributed by atoms with Crippen LogP contribution in [0.3, 0.4) is 0 Å². The van der Waals surface area contributed by atoms with Crippen molar-refractivity contribution in [3.05, 3.63) is 46.2 Å². The number of nitrogens with one attached hydrogen (secondary N) is 3. The summed E-state index contributed by atoms with van der Waals surface area (Å²) in [5.41, 5.74) is 7.45. The molecule has 2 aliphatic rings. The number of carbonyl (C=O) groups is 3. The van der Waals surface area contributed by atoms with Crippen molar-refractivity contribution < 1.29 is 14.4 Å². The van der Waals surface area contributed by atoms with E-state index in [1.54, 1.807) is 16.8 Å². The number of hydrazine groups is 1. The van der Waals surface area contributed by atoms with Crippen molar-refractivity contribution >= 4 is 29.3 Å². The molecule has 0 atom stereocenters. The quantitative estimate of drug-likeness (QED) is 0.404. The fourth-order valence-corrected chi connectivity index (χ4v) is 3.59. The predicted molar refractivity (Wildman–Crippen MR) is 107 cm³/mol. The van der Waals surface area contributed by atoms with Crippen molar-refractivity contribution in [3.63, 3.8) is 0 Å². The number of carbonyl (C=O) groups excluding carboxylic acids is 3. The Hall–Kier alpha value is -2.87. The summed E-state index contributed by atoms with van der Waals surface area (Å²) in [6.45, 7) is 0. The summed E-state index contributed by atoms with van der Waals surface area (Å²) in [4.78, 5) is 36.3. The molecular formula is C20H22ClN5O3. The Morgan fingerprint density at radius 1 is 0.966 bits per heavy atom. The van der Waals surface area contributed by atoms with E-state index in [4.69, 9.17) is 11.6 Å². The van der Waals surface area contributed by atoms with Gasteiger partial charge in [0.25, 0.3) is 5.91 Å². The van der Waals surface area contributed by atoms with Crippen LogP contribution < -0.4 is 16.2 Å². The maximum absolute atomic E-state index is 12.7. The zero-order valence-corrected chi connectivity index (χ0v) is 16.6. The Kier molecular flexibility index (Phi) is 5.53. The van der Waals surface area contributed by atoms with Gasteiger partial charge in [0.15, 0.2) is 5.69 Å². The van der Waals surface area contributed by atoms with Crippen LogP contribution in [0.25, 0.3) is 5.69 Å². The topological polar surface area (TPSA) is 105 Å². The van der Waals surface area contributed by atoms with Crippen molar-refractivity contribution in [2.45, 2.75) is 51.0 Å². The molecule has 29 heavy (non-hydrogen) atoms. The highest BCUT2D eigenvalue weighted by Crippen LogP contribution is 2.27. The van der Waals surface area contributed by atoms with Gasteiger partial charge in [-0.1, -0.05) is 18.0 Å². The molecule has 2 aromatic rings. The van der Waals surface area contributed by atoms with Gasteiger partial charge >= 0.3 is 11.8 Å². The van der Waals surface area contributed by atoms with E-state index in [1.165, 1.54) is 0 Å². The SMILES string of the molecule is O=C(NNC(=O)c1nn(-c2ccc(Cl)cc2)c2c1CCCCC2)C(=O)NC1CC1. The van der Waals surface area contributed by atoms with E-state index in [-0.39, 0.29) is 11.7 Å². The maximum atomic E-state index is 12.7. The van der Waals surface area contributed by atoms with Crippen LogP contribution in [-0.2, 0) is 22.4 Å². The summed E-state index contributed by atoms with van der Waals surface area (Å²) in [6, 6.07) is 7.33. The molecule has 0 radical (unpaired) electrons. The molecule has 3 N–H and O–H groups in total. The second-order valence-electron chi connectivity index (χ2n) is 7.38. The highest BCUT2D eigenvalue weighted by atomic mass is 35.5. The van der Waals surface area contributed by atoms with Crippen molar-refractivity contribution in [2.24, 2.45) is 0 Å². The van der Waals surface area contributed by atoms with E-state index in [0.717, 1.165) is 61.9 Å². The molecule has 1 saturated carbocycles. The van der Waals surface area contributed by atoms with Crippen molar-refractivity contribution in [2.75, 3.05) is 0 Å². The fraction of sp³-hybridized carbons (Fsp3) is 0.400. The number of halogens is 1. The Labute approximate surface area is 173 Å². The molecule has 1 aromatic carbocycles. The molecule has 8 nitrogen and oxygen atoms in total. The van der Waals surface area contributed by atoms with Crippen LogP contribution in [0.4, 0.5) is 0 Å². The summed E-state index contributed by atoms with van der Waals surface area (Å²) in [6.07, 6.45) is 6.37. The van der Waals surface area contributed by atoms with Gasteiger partial charge in [0.2, 0.25) is 0 Å². The average Bonchev–Trinajstić information content (AvgIpc) is 3.50. The summed E-state index contributed by atoms with van der Waals surface area (Å²) in [7, 11) is 0. The smallest absolute Gasteiger partial charge is 0.327 e. The average molecular weight is 416 g/mol. The molecule has 9 heteroatoms. The van der Waals surface area contributed by atoms with Gasteiger partial charge in [-0.2, -0.15) is 5.10 Å². The van der Waals surface area contributed by atoms with E-state index in [0.29, 0.717) is 5.02 Å². The monoisotopic (exact) mass is 415 g/mol. The first-order valence-corrected chi connectivity index (χ1v) is 10.2. The van der Waals surface area contributed by atoms with E-state index in [9.17, 15) is 14.4 Å². The van der Waals surface area contributed by atoms with Crippen molar-refractivity contribution in [3.8, 4) is 5.69 Å². The highest BCUT2D eigenvalue weighted by Gasteiger charge is 2.28. The lowest BCUT2D eigenvalue weighted by molar-refractivity contribution is -0.139. The van der Waals surface area contributed by atoms with E-state index < -0.39 is 17.7 Å². The lowest BCUT2D eigenvalue weighted by atomic mass is 10.1. The van der Waals surface area contributed by atoms with Gasteiger partial charge in [-0.3, -0.25) is 25.2 Å². The molecule has 0 unspecified atom stereocenters. The summed E-state index contributed by atoms with van der Waals surface area (Å²) in [5.74, 6) is -2.18. The Balaban J connectivity index is 1.54. The molecule has 0 bridgehead atoms. The van der Waals surface area contributed by atoms with Crippen LogP contribution in [0.1, 0.15) is 53.8 Å².